The Hall–Kier alpha value is -1.30. The van der Waals surface area contributed by atoms with Gasteiger partial charge in [0.15, 0.2) is 0 Å². The van der Waals surface area contributed by atoms with E-state index in [1.165, 1.54) is 4.88 Å². The zero-order valence-electron chi connectivity index (χ0n) is 12.3. The van der Waals surface area contributed by atoms with E-state index in [4.69, 9.17) is 0 Å². The van der Waals surface area contributed by atoms with E-state index in [0.29, 0.717) is 6.54 Å². The molecule has 1 aliphatic heterocycles. The number of hydrogen-bond donors (Lipinski definition) is 1. The second-order valence-electron chi connectivity index (χ2n) is 5.45. The van der Waals surface area contributed by atoms with E-state index in [-0.39, 0.29) is 18.4 Å². The van der Waals surface area contributed by atoms with Crippen LogP contribution in [0, 0.1) is 5.92 Å². The van der Waals surface area contributed by atoms with E-state index in [2.05, 4.69) is 17.5 Å². The quantitative estimate of drug-likeness (QED) is 0.852. The number of thiophene rings is 1. The Morgan fingerprint density at radius 3 is 2.91 bits per heavy atom. The van der Waals surface area contributed by atoms with Crippen LogP contribution in [-0.2, 0) is 5.75 Å². The summed E-state index contributed by atoms with van der Waals surface area (Å²) < 4.78 is 0. The van der Waals surface area contributed by atoms with Crippen molar-refractivity contribution in [2.75, 3.05) is 19.7 Å². The van der Waals surface area contributed by atoms with Crippen molar-refractivity contribution in [1.29, 1.82) is 0 Å². The SMILES string of the molecule is O=C(c1ccccc1SCc1cccs1)N1CCC(CO)C1. The molecule has 3 nitrogen and oxygen atoms in total. The second kappa shape index (κ2) is 7.31. The number of aliphatic hydroxyl groups is 1. The fraction of sp³-hybridized carbons (Fsp3) is 0.353. The molecule has 2 heterocycles. The highest BCUT2D eigenvalue weighted by molar-refractivity contribution is 7.98. The van der Waals surface area contributed by atoms with Gasteiger partial charge < -0.3 is 10.0 Å². The van der Waals surface area contributed by atoms with Crippen LogP contribution in [0.15, 0.2) is 46.7 Å². The number of aliphatic hydroxyl groups excluding tert-OH is 1. The van der Waals surface area contributed by atoms with Gasteiger partial charge in [-0.1, -0.05) is 18.2 Å². The minimum atomic E-state index is 0.0882. The lowest BCUT2D eigenvalue weighted by molar-refractivity contribution is 0.0778. The first kappa shape index (κ1) is 15.6. The molecule has 0 radical (unpaired) electrons. The number of rotatable bonds is 5. The molecule has 0 spiro atoms. The third-order valence-corrected chi connectivity index (χ3v) is 6.08. The molecule has 1 amide bonds. The van der Waals surface area contributed by atoms with E-state index >= 15 is 0 Å². The van der Waals surface area contributed by atoms with Crippen molar-refractivity contribution < 1.29 is 9.90 Å². The van der Waals surface area contributed by atoms with Crippen LogP contribution in [0.1, 0.15) is 21.7 Å². The van der Waals surface area contributed by atoms with Crippen molar-refractivity contribution in [2.24, 2.45) is 5.92 Å². The highest BCUT2D eigenvalue weighted by Gasteiger charge is 2.27. The Morgan fingerprint density at radius 1 is 1.32 bits per heavy atom. The van der Waals surface area contributed by atoms with Gasteiger partial charge in [-0.25, -0.2) is 0 Å². The fourth-order valence-electron chi connectivity index (χ4n) is 2.65. The van der Waals surface area contributed by atoms with Crippen LogP contribution in [0.5, 0.6) is 0 Å². The number of thioether (sulfide) groups is 1. The molecule has 1 atom stereocenters. The summed E-state index contributed by atoms with van der Waals surface area (Å²) in [4.78, 5) is 16.9. The lowest BCUT2D eigenvalue weighted by Crippen LogP contribution is -2.29. The first-order valence-corrected chi connectivity index (χ1v) is 9.29. The second-order valence-corrected chi connectivity index (χ2v) is 7.50. The van der Waals surface area contributed by atoms with Crippen molar-refractivity contribution in [3.8, 4) is 0 Å². The molecular formula is C17H19NO2S2. The number of benzene rings is 1. The maximum absolute atomic E-state index is 12.7. The molecule has 1 unspecified atom stereocenters. The molecule has 116 valence electrons. The topological polar surface area (TPSA) is 40.5 Å². The van der Waals surface area contributed by atoms with Gasteiger partial charge in [-0.3, -0.25) is 4.79 Å². The van der Waals surface area contributed by atoms with Gasteiger partial charge in [0, 0.05) is 41.1 Å². The fourth-order valence-corrected chi connectivity index (χ4v) is 4.47. The molecule has 1 aromatic heterocycles. The van der Waals surface area contributed by atoms with Crippen molar-refractivity contribution >= 4 is 29.0 Å². The highest BCUT2D eigenvalue weighted by Crippen LogP contribution is 2.29. The Morgan fingerprint density at radius 2 is 2.18 bits per heavy atom. The normalized spacial score (nSPS) is 17.9. The standard InChI is InChI=1S/C17H19NO2S2/c19-11-13-7-8-18(10-13)17(20)15-5-1-2-6-16(15)22-12-14-4-3-9-21-14/h1-6,9,13,19H,7-8,10-12H2. The summed E-state index contributed by atoms with van der Waals surface area (Å²) in [7, 11) is 0. The Balaban J connectivity index is 1.71. The van der Waals surface area contributed by atoms with E-state index in [0.717, 1.165) is 29.2 Å². The van der Waals surface area contributed by atoms with Crippen molar-refractivity contribution in [1.82, 2.24) is 4.90 Å². The van der Waals surface area contributed by atoms with Gasteiger partial charge in [-0.15, -0.1) is 23.1 Å². The van der Waals surface area contributed by atoms with Crippen LogP contribution in [0.25, 0.3) is 0 Å². The minimum absolute atomic E-state index is 0.0882. The number of likely N-dealkylation sites (tertiary alicyclic amines) is 1. The minimum Gasteiger partial charge on any atom is -0.396 e. The molecule has 22 heavy (non-hydrogen) atoms. The number of carbonyl (C=O) groups is 1. The van der Waals surface area contributed by atoms with E-state index < -0.39 is 0 Å². The predicted octanol–water partition coefficient (Wildman–Crippen LogP) is 3.49. The third-order valence-electron chi connectivity index (χ3n) is 3.90. The van der Waals surface area contributed by atoms with Crippen LogP contribution in [0.4, 0.5) is 0 Å². The Kier molecular flexibility index (Phi) is 5.18. The summed E-state index contributed by atoms with van der Waals surface area (Å²) in [6.45, 7) is 1.58. The largest absolute Gasteiger partial charge is 0.396 e. The van der Waals surface area contributed by atoms with Gasteiger partial charge in [0.05, 0.1) is 5.56 Å². The lowest BCUT2D eigenvalue weighted by atomic mass is 10.1. The third kappa shape index (κ3) is 3.54. The summed E-state index contributed by atoms with van der Waals surface area (Å²) in [6.07, 6.45) is 0.896. The molecule has 1 fully saturated rings. The molecule has 0 aliphatic carbocycles. The van der Waals surface area contributed by atoms with E-state index in [1.807, 2.05) is 29.2 Å². The van der Waals surface area contributed by atoms with Crippen LogP contribution in [0.2, 0.25) is 0 Å². The monoisotopic (exact) mass is 333 g/mol. The predicted molar refractivity (Wildman–Crippen MR) is 91.4 cm³/mol. The maximum Gasteiger partial charge on any atom is 0.254 e. The van der Waals surface area contributed by atoms with Gasteiger partial charge in [0.2, 0.25) is 0 Å². The molecule has 1 aliphatic rings. The Bertz CT molecular complexity index is 627. The smallest absolute Gasteiger partial charge is 0.254 e. The summed E-state index contributed by atoms with van der Waals surface area (Å²) in [5.74, 6) is 1.21. The molecule has 0 saturated carbocycles. The first-order chi connectivity index (χ1) is 10.8. The van der Waals surface area contributed by atoms with E-state index in [1.54, 1.807) is 23.1 Å². The molecule has 3 rings (SSSR count). The molecule has 5 heteroatoms. The van der Waals surface area contributed by atoms with Crippen LogP contribution < -0.4 is 0 Å². The van der Waals surface area contributed by atoms with Gasteiger partial charge in [0.25, 0.3) is 5.91 Å². The van der Waals surface area contributed by atoms with Crippen LogP contribution >= 0.6 is 23.1 Å². The van der Waals surface area contributed by atoms with Crippen molar-refractivity contribution in [3.63, 3.8) is 0 Å². The zero-order chi connectivity index (χ0) is 15.4. The number of amides is 1. The average Bonchev–Trinajstić information content (AvgIpc) is 3.24. The number of nitrogens with zero attached hydrogens (tertiary/aromatic N) is 1. The molecule has 1 saturated heterocycles. The van der Waals surface area contributed by atoms with Gasteiger partial charge in [-0.2, -0.15) is 0 Å². The summed E-state index contributed by atoms with van der Waals surface area (Å²) in [5.41, 5.74) is 0.780. The van der Waals surface area contributed by atoms with Gasteiger partial charge in [-0.05, 0) is 30.0 Å². The lowest BCUT2D eigenvalue weighted by Gasteiger charge is -2.18. The van der Waals surface area contributed by atoms with E-state index in [9.17, 15) is 9.90 Å². The van der Waals surface area contributed by atoms with Crippen molar-refractivity contribution in [3.05, 3.63) is 52.2 Å². The zero-order valence-corrected chi connectivity index (χ0v) is 13.9. The Labute approximate surface area is 139 Å². The number of carbonyl (C=O) groups excluding carboxylic acids is 1. The first-order valence-electron chi connectivity index (χ1n) is 7.42. The number of hydrogen-bond acceptors (Lipinski definition) is 4. The van der Waals surface area contributed by atoms with Crippen molar-refractivity contribution in [2.45, 2.75) is 17.1 Å². The molecule has 2 aromatic rings. The van der Waals surface area contributed by atoms with Crippen LogP contribution in [-0.4, -0.2) is 35.6 Å². The summed E-state index contributed by atoms with van der Waals surface area (Å²) in [5, 5.41) is 11.3. The highest BCUT2D eigenvalue weighted by atomic mass is 32.2. The summed E-state index contributed by atoms with van der Waals surface area (Å²) in [6, 6.07) is 12.0. The summed E-state index contributed by atoms with van der Waals surface area (Å²) >= 11 is 3.45. The molecule has 1 aromatic carbocycles. The average molecular weight is 333 g/mol. The van der Waals surface area contributed by atoms with Crippen LogP contribution in [0.3, 0.4) is 0 Å². The van der Waals surface area contributed by atoms with Gasteiger partial charge >= 0.3 is 0 Å². The molecule has 0 bridgehead atoms. The van der Waals surface area contributed by atoms with Gasteiger partial charge in [0.1, 0.15) is 0 Å². The molecular weight excluding hydrogens is 314 g/mol. The maximum atomic E-state index is 12.7. The molecule has 1 N–H and O–H groups in total.